The van der Waals surface area contributed by atoms with Crippen LogP contribution in [-0.2, 0) is 26.4 Å². The molecular weight excluding hydrogens is 300 g/mol. The van der Waals surface area contributed by atoms with Crippen LogP contribution in [0.5, 0.6) is 0 Å². The molecule has 1 N–H and O–H groups in total. The van der Waals surface area contributed by atoms with Crippen molar-refractivity contribution in [2.75, 3.05) is 0 Å². The number of H-pyrrole nitrogens is 1. The summed E-state index contributed by atoms with van der Waals surface area (Å²) in [7, 11) is 2.00. The summed E-state index contributed by atoms with van der Waals surface area (Å²) in [6.07, 6.45) is 3.13. The molecule has 0 aromatic carbocycles. The number of imidazole rings is 1. The monoisotopic (exact) mass is 320 g/mol. The number of nitrogens with one attached hydrogen (secondary N) is 1. The smallest absolute Gasteiger partial charge is 0.179 e. The molecule has 0 aliphatic rings. The van der Waals surface area contributed by atoms with Gasteiger partial charge in [0.1, 0.15) is 5.52 Å². The normalized spacial score (nSPS) is 11.6. The summed E-state index contributed by atoms with van der Waals surface area (Å²) in [4.78, 5) is 4.73. The molecule has 0 aliphatic carbocycles. The lowest BCUT2D eigenvalue weighted by Gasteiger charge is -2.05. The third-order valence-corrected chi connectivity index (χ3v) is 5.10. The zero-order chi connectivity index (χ0) is 15.0. The van der Waals surface area contributed by atoms with Crippen molar-refractivity contribution in [1.82, 2.24) is 19.3 Å². The SMILES string of the molecule is CCCc1nn(C)c2c1[nH]c(=S)n2Cc1sccc1CC. The van der Waals surface area contributed by atoms with Crippen LogP contribution in [0.4, 0.5) is 0 Å². The van der Waals surface area contributed by atoms with E-state index in [0.29, 0.717) is 0 Å². The molecule has 0 bridgehead atoms. The van der Waals surface area contributed by atoms with Gasteiger partial charge in [-0.15, -0.1) is 11.3 Å². The Hall–Kier alpha value is -1.40. The molecule has 0 saturated heterocycles. The van der Waals surface area contributed by atoms with E-state index >= 15 is 0 Å². The predicted octanol–water partition coefficient (Wildman–Crippen LogP) is 4.06. The van der Waals surface area contributed by atoms with Gasteiger partial charge in [0.05, 0.1) is 12.2 Å². The molecule has 4 nitrogen and oxygen atoms in total. The van der Waals surface area contributed by atoms with E-state index in [1.807, 2.05) is 11.7 Å². The minimum atomic E-state index is 0.783. The maximum Gasteiger partial charge on any atom is 0.179 e. The molecule has 6 heteroatoms. The van der Waals surface area contributed by atoms with Gasteiger partial charge in [-0.25, -0.2) is 0 Å². The van der Waals surface area contributed by atoms with Crippen molar-refractivity contribution < 1.29 is 0 Å². The van der Waals surface area contributed by atoms with E-state index in [9.17, 15) is 0 Å². The number of aromatic amines is 1. The number of hydrogen-bond donors (Lipinski definition) is 1. The summed E-state index contributed by atoms with van der Waals surface area (Å²) in [5.74, 6) is 0. The number of thiophene rings is 1. The Bertz CT molecular complexity index is 819. The highest BCUT2D eigenvalue weighted by Crippen LogP contribution is 2.23. The first-order chi connectivity index (χ1) is 10.2. The van der Waals surface area contributed by atoms with Crippen LogP contribution in [0.1, 0.15) is 36.4 Å². The van der Waals surface area contributed by atoms with Crippen LogP contribution in [0.25, 0.3) is 11.2 Å². The molecule has 3 rings (SSSR count). The van der Waals surface area contributed by atoms with E-state index in [1.165, 1.54) is 10.4 Å². The first kappa shape index (κ1) is 14.5. The number of rotatable bonds is 5. The lowest BCUT2D eigenvalue weighted by molar-refractivity contribution is 0.704. The fourth-order valence-corrected chi connectivity index (χ4v) is 4.02. The van der Waals surface area contributed by atoms with Gasteiger partial charge in [-0.3, -0.25) is 9.25 Å². The van der Waals surface area contributed by atoms with E-state index in [1.54, 1.807) is 11.3 Å². The number of aromatic nitrogens is 4. The van der Waals surface area contributed by atoms with Gasteiger partial charge in [0.25, 0.3) is 0 Å². The highest BCUT2D eigenvalue weighted by molar-refractivity contribution is 7.71. The van der Waals surface area contributed by atoms with Crippen molar-refractivity contribution in [2.24, 2.45) is 7.05 Å². The van der Waals surface area contributed by atoms with Crippen molar-refractivity contribution in [3.8, 4) is 0 Å². The zero-order valence-corrected chi connectivity index (χ0v) is 14.3. The molecule has 0 amide bonds. The number of hydrogen-bond acceptors (Lipinski definition) is 3. The Labute approximate surface area is 133 Å². The molecule has 3 aromatic rings. The minimum Gasteiger partial charge on any atom is -0.328 e. The molecule has 3 aromatic heterocycles. The lowest BCUT2D eigenvalue weighted by Crippen LogP contribution is -2.04. The van der Waals surface area contributed by atoms with Crippen LogP contribution < -0.4 is 0 Å². The molecule has 0 saturated carbocycles. The van der Waals surface area contributed by atoms with Gasteiger partial charge in [0, 0.05) is 11.9 Å². The van der Waals surface area contributed by atoms with Crippen LogP contribution in [-0.4, -0.2) is 19.3 Å². The lowest BCUT2D eigenvalue weighted by atomic mass is 10.2. The summed E-state index contributed by atoms with van der Waals surface area (Å²) < 4.78 is 4.90. The molecule has 112 valence electrons. The fraction of sp³-hybridized carbons (Fsp3) is 0.467. The zero-order valence-electron chi connectivity index (χ0n) is 12.6. The summed E-state index contributed by atoms with van der Waals surface area (Å²) in [6, 6.07) is 2.21. The molecule has 0 radical (unpaired) electrons. The molecule has 0 atom stereocenters. The average Bonchev–Trinajstić information content (AvgIpc) is 3.10. The molecule has 0 unspecified atom stereocenters. The van der Waals surface area contributed by atoms with E-state index < -0.39 is 0 Å². The van der Waals surface area contributed by atoms with E-state index in [-0.39, 0.29) is 0 Å². The third kappa shape index (κ3) is 2.46. The van der Waals surface area contributed by atoms with Gasteiger partial charge in [-0.05, 0) is 42.1 Å². The highest BCUT2D eigenvalue weighted by atomic mass is 32.1. The second-order valence-electron chi connectivity index (χ2n) is 5.26. The Morgan fingerprint density at radius 2 is 2.19 bits per heavy atom. The summed E-state index contributed by atoms with van der Waals surface area (Å²) >= 11 is 7.34. The first-order valence-electron chi connectivity index (χ1n) is 7.35. The van der Waals surface area contributed by atoms with Gasteiger partial charge < -0.3 is 4.98 Å². The van der Waals surface area contributed by atoms with Gasteiger partial charge in [-0.1, -0.05) is 20.3 Å². The number of nitrogens with zero attached hydrogens (tertiary/aromatic N) is 3. The van der Waals surface area contributed by atoms with Crippen LogP contribution >= 0.6 is 23.6 Å². The van der Waals surface area contributed by atoms with Crippen LogP contribution in [0.3, 0.4) is 0 Å². The summed E-state index contributed by atoms with van der Waals surface area (Å²) in [5.41, 5.74) is 4.71. The molecule has 0 aliphatic heterocycles. The van der Waals surface area contributed by atoms with Crippen LogP contribution in [0.2, 0.25) is 0 Å². The largest absolute Gasteiger partial charge is 0.328 e. The molecule has 0 spiro atoms. The standard InChI is InChI=1S/C15H20N4S2/c1-4-6-11-13-14(18(3)17-11)19(15(20)16-13)9-12-10(5-2)7-8-21-12/h7-8H,4-6,9H2,1-3H3,(H,16,20). The van der Waals surface area contributed by atoms with Gasteiger partial charge in [0.2, 0.25) is 0 Å². The van der Waals surface area contributed by atoms with Gasteiger partial charge in [0.15, 0.2) is 10.4 Å². The highest BCUT2D eigenvalue weighted by Gasteiger charge is 2.16. The van der Waals surface area contributed by atoms with Crippen molar-refractivity contribution in [3.63, 3.8) is 0 Å². The summed E-state index contributed by atoms with van der Waals surface area (Å²) in [6.45, 7) is 5.19. The van der Waals surface area contributed by atoms with Crippen molar-refractivity contribution in [2.45, 2.75) is 39.7 Å². The van der Waals surface area contributed by atoms with Crippen molar-refractivity contribution >= 4 is 34.7 Å². The van der Waals surface area contributed by atoms with E-state index in [0.717, 1.165) is 47.4 Å². The Morgan fingerprint density at radius 1 is 1.38 bits per heavy atom. The molecule has 3 heterocycles. The first-order valence-corrected chi connectivity index (χ1v) is 8.64. The quantitative estimate of drug-likeness (QED) is 0.720. The van der Waals surface area contributed by atoms with E-state index in [2.05, 4.69) is 39.9 Å². The van der Waals surface area contributed by atoms with E-state index in [4.69, 9.17) is 12.2 Å². The second kappa shape index (κ2) is 5.77. The maximum atomic E-state index is 5.53. The Balaban J connectivity index is 2.10. The fourth-order valence-electron chi connectivity index (χ4n) is 2.80. The predicted molar refractivity (Wildman–Crippen MR) is 90.7 cm³/mol. The van der Waals surface area contributed by atoms with Crippen LogP contribution in [0.15, 0.2) is 11.4 Å². The van der Waals surface area contributed by atoms with Crippen molar-refractivity contribution in [1.29, 1.82) is 0 Å². The third-order valence-electron chi connectivity index (χ3n) is 3.83. The maximum absolute atomic E-state index is 5.53. The average molecular weight is 320 g/mol. The molecular formula is C15H20N4S2. The molecule has 21 heavy (non-hydrogen) atoms. The summed E-state index contributed by atoms with van der Waals surface area (Å²) in [5, 5.41) is 6.79. The topological polar surface area (TPSA) is 38.5 Å². The van der Waals surface area contributed by atoms with Gasteiger partial charge in [-0.2, -0.15) is 5.10 Å². The van der Waals surface area contributed by atoms with Gasteiger partial charge >= 0.3 is 0 Å². The Morgan fingerprint density at radius 3 is 2.90 bits per heavy atom. The number of fused-ring (bicyclic) bond motifs is 1. The van der Waals surface area contributed by atoms with Crippen LogP contribution in [0, 0.1) is 4.77 Å². The Kier molecular flexibility index (Phi) is 3.99. The number of aryl methyl sites for hydroxylation is 3. The van der Waals surface area contributed by atoms with Crippen molar-refractivity contribution in [3.05, 3.63) is 32.4 Å². The minimum absolute atomic E-state index is 0.783. The molecule has 0 fully saturated rings. The second-order valence-corrected chi connectivity index (χ2v) is 6.65.